The van der Waals surface area contributed by atoms with Crippen LogP contribution in [0.4, 0.5) is 0 Å². The van der Waals surface area contributed by atoms with E-state index in [-0.39, 0.29) is 16.9 Å². The van der Waals surface area contributed by atoms with Gasteiger partial charge in [-0.15, -0.1) is 11.3 Å². The summed E-state index contributed by atoms with van der Waals surface area (Å²) >= 11 is 1.58. The molecule has 1 aliphatic carbocycles. The zero-order valence-corrected chi connectivity index (χ0v) is 12.5. The van der Waals surface area contributed by atoms with Gasteiger partial charge in [0.25, 0.3) is 11.5 Å². The Balaban J connectivity index is 1.98. The molecule has 1 saturated carbocycles. The van der Waals surface area contributed by atoms with E-state index in [1.54, 1.807) is 20.3 Å². The van der Waals surface area contributed by atoms with E-state index in [1.807, 2.05) is 23.7 Å². The molecule has 0 unspecified atom stereocenters. The van der Waals surface area contributed by atoms with Crippen molar-refractivity contribution in [3.05, 3.63) is 46.0 Å². The number of thiophene rings is 1. The van der Waals surface area contributed by atoms with Crippen molar-refractivity contribution in [3.8, 4) is 10.6 Å². The van der Waals surface area contributed by atoms with Crippen molar-refractivity contribution in [2.24, 2.45) is 11.7 Å². The lowest BCUT2D eigenvalue weighted by molar-refractivity contribution is 0.0996. The molecule has 4 rings (SSSR count). The first kappa shape index (κ1) is 13.3. The smallest absolute Gasteiger partial charge is 0.294 e. The zero-order chi connectivity index (χ0) is 15.3. The van der Waals surface area contributed by atoms with Crippen LogP contribution in [0.15, 0.2) is 34.7 Å². The number of rotatable bonds is 4. The second-order valence-electron chi connectivity index (χ2n) is 5.57. The number of carbonyl (C=O) groups is 1. The fourth-order valence-electron chi connectivity index (χ4n) is 2.56. The molecule has 0 aliphatic heterocycles. The number of nitrogens with zero attached hydrogens (tertiary/aromatic N) is 3. The largest absolute Gasteiger partial charge is 0.364 e. The first-order valence-electron chi connectivity index (χ1n) is 7.09. The molecule has 0 saturated heterocycles. The van der Waals surface area contributed by atoms with E-state index in [2.05, 4.69) is 4.98 Å². The molecule has 22 heavy (non-hydrogen) atoms. The van der Waals surface area contributed by atoms with Crippen LogP contribution >= 0.6 is 11.3 Å². The molecule has 0 atom stereocenters. The summed E-state index contributed by atoms with van der Waals surface area (Å²) in [6, 6.07) is 3.94. The van der Waals surface area contributed by atoms with E-state index < -0.39 is 5.91 Å². The van der Waals surface area contributed by atoms with Gasteiger partial charge in [0, 0.05) is 18.9 Å². The maximum absolute atomic E-state index is 12.8. The lowest BCUT2D eigenvalue weighted by Crippen LogP contribution is -2.25. The van der Waals surface area contributed by atoms with Crippen molar-refractivity contribution in [1.82, 2.24) is 14.0 Å². The highest BCUT2D eigenvalue weighted by Crippen LogP contribution is 2.32. The molecule has 0 aromatic carbocycles. The Morgan fingerprint density at radius 3 is 2.86 bits per heavy atom. The summed E-state index contributed by atoms with van der Waals surface area (Å²) in [5.41, 5.74) is 6.30. The van der Waals surface area contributed by atoms with E-state index in [9.17, 15) is 9.59 Å². The van der Waals surface area contributed by atoms with E-state index >= 15 is 0 Å². The molecule has 112 valence electrons. The summed E-state index contributed by atoms with van der Waals surface area (Å²) in [4.78, 5) is 29.2. The molecule has 6 nitrogen and oxygen atoms in total. The average molecular weight is 314 g/mol. The van der Waals surface area contributed by atoms with Gasteiger partial charge in [0.05, 0.1) is 10.6 Å². The van der Waals surface area contributed by atoms with Crippen molar-refractivity contribution in [3.63, 3.8) is 0 Å². The summed E-state index contributed by atoms with van der Waals surface area (Å²) in [7, 11) is 0. The van der Waals surface area contributed by atoms with Crippen LogP contribution in [0.1, 0.15) is 23.3 Å². The third kappa shape index (κ3) is 2.14. The van der Waals surface area contributed by atoms with Crippen molar-refractivity contribution < 1.29 is 4.79 Å². The Morgan fingerprint density at radius 1 is 1.41 bits per heavy atom. The molecule has 3 aromatic rings. The molecule has 3 heterocycles. The second-order valence-corrected chi connectivity index (χ2v) is 6.52. The number of nitrogens with two attached hydrogens (primary N) is 1. The van der Waals surface area contributed by atoms with Gasteiger partial charge < -0.3 is 10.3 Å². The van der Waals surface area contributed by atoms with Crippen LogP contribution < -0.4 is 11.3 Å². The third-order valence-electron chi connectivity index (χ3n) is 3.88. The minimum absolute atomic E-state index is 0.110. The van der Waals surface area contributed by atoms with Gasteiger partial charge >= 0.3 is 0 Å². The van der Waals surface area contributed by atoms with Crippen molar-refractivity contribution in [1.29, 1.82) is 0 Å². The summed E-state index contributed by atoms with van der Waals surface area (Å²) in [6.07, 6.45) is 5.67. The Kier molecular flexibility index (Phi) is 2.90. The third-order valence-corrected chi connectivity index (χ3v) is 4.78. The number of primary amides is 1. The van der Waals surface area contributed by atoms with Crippen LogP contribution in [-0.4, -0.2) is 19.9 Å². The Bertz CT molecular complexity index is 919. The van der Waals surface area contributed by atoms with Crippen LogP contribution in [0.3, 0.4) is 0 Å². The lowest BCUT2D eigenvalue weighted by atomic mass is 10.3. The molecule has 1 fully saturated rings. The number of carbonyl (C=O) groups excluding carboxylic acids is 1. The summed E-state index contributed by atoms with van der Waals surface area (Å²) < 4.78 is 3.37. The van der Waals surface area contributed by atoms with Crippen LogP contribution in [-0.2, 0) is 6.54 Å². The Morgan fingerprint density at radius 2 is 2.23 bits per heavy atom. The van der Waals surface area contributed by atoms with E-state index in [1.165, 1.54) is 6.20 Å². The predicted octanol–water partition coefficient (Wildman–Crippen LogP) is 1.73. The van der Waals surface area contributed by atoms with E-state index in [0.717, 1.165) is 23.4 Å². The highest BCUT2D eigenvalue weighted by atomic mass is 32.1. The molecule has 0 radical (unpaired) electrons. The Labute approximate surface area is 129 Å². The van der Waals surface area contributed by atoms with Crippen LogP contribution in [0.5, 0.6) is 0 Å². The second kappa shape index (κ2) is 4.81. The number of hydrogen-bond acceptors (Lipinski definition) is 4. The molecule has 1 amide bonds. The Hall–Kier alpha value is -2.41. The summed E-state index contributed by atoms with van der Waals surface area (Å²) in [6.45, 7) is 0.696. The molecular weight excluding hydrogens is 300 g/mol. The van der Waals surface area contributed by atoms with E-state index in [4.69, 9.17) is 5.73 Å². The van der Waals surface area contributed by atoms with Gasteiger partial charge in [0.1, 0.15) is 5.69 Å². The van der Waals surface area contributed by atoms with Gasteiger partial charge in [-0.1, -0.05) is 6.07 Å². The molecule has 2 N–H and O–H groups in total. The van der Waals surface area contributed by atoms with Gasteiger partial charge in [0.2, 0.25) is 5.65 Å². The molecular formula is C15H14N4O2S. The minimum atomic E-state index is -0.630. The summed E-state index contributed by atoms with van der Waals surface area (Å²) in [5, 5.41) is 1.98. The molecule has 0 spiro atoms. The number of fused-ring (bicyclic) bond motifs is 1. The topological polar surface area (TPSA) is 82.4 Å². The van der Waals surface area contributed by atoms with Crippen molar-refractivity contribution >= 4 is 22.9 Å². The average Bonchev–Trinajstić information content (AvgIpc) is 3.00. The molecule has 3 aromatic heterocycles. The predicted molar refractivity (Wildman–Crippen MR) is 84.0 cm³/mol. The van der Waals surface area contributed by atoms with Crippen LogP contribution in [0, 0.1) is 5.92 Å². The quantitative estimate of drug-likeness (QED) is 0.796. The molecule has 0 bridgehead atoms. The standard InChI is InChI=1S/C15H14N4O2S/c16-13(20)10-7-18-8-11(12-2-1-5-22-12)19(6-9-3-4-9)15(21)14(18)17-10/h1-2,5,7-9H,3-4,6H2,(H2,16,20). The maximum Gasteiger partial charge on any atom is 0.294 e. The van der Waals surface area contributed by atoms with Crippen LogP contribution in [0.25, 0.3) is 16.2 Å². The number of imidazole rings is 1. The van der Waals surface area contributed by atoms with E-state index in [0.29, 0.717) is 12.5 Å². The van der Waals surface area contributed by atoms with Crippen molar-refractivity contribution in [2.75, 3.05) is 0 Å². The van der Waals surface area contributed by atoms with Gasteiger partial charge in [-0.25, -0.2) is 4.98 Å². The summed E-state index contributed by atoms with van der Waals surface area (Å²) in [5.74, 6) is -0.0704. The van der Waals surface area contributed by atoms with Gasteiger partial charge in [-0.3, -0.25) is 14.0 Å². The minimum Gasteiger partial charge on any atom is -0.364 e. The number of hydrogen-bond donors (Lipinski definition) is 1. The van der Waals surface area contributed by atoms with Gasteiger partial charge in [-0.05, 0) is 30.2 Å². The van der Waals surface area contributed by atoms with Crippen molar-refractivity contribution in [2.45, 2.75) is 19.4 Å². The molecule has 1 aliphatic rings. The normalized spacial score (nSPS) is 14.5. The van der Waals surface area contributed by atoms with Crippen LogP contribution in [0.2, 0.25) is 0 Å². The van der Waals surface area contributed by atoms with Gasteiger partial charge in [0.15, 0.2) is 0 Å². The SMILES string of the molecule is NC(=O)c1cn2cc(-c3cccs3)n(CC3CC3)c(=O)c2n1. The first-order valence-corrected chi connectivity index (χ1v) is 7.97. The monoisotopic (exact) mass is 314 g/mol. The highest BCUT2D eigenvalue weighted by molar-refractivity contribution is 7.13. The fourth-order valence-corrected chi connectivity index (χ4v) is 3.31. The lowest BCUT2D eigenvalue weighted by Gasteiger charge is -2.11. The number of aromatic nitrogens is 3. The van der Waals surface area contributed by atoms with Gasteiger partial charge in [-0.2, -0.15) is 0 Å². The number of amides is 1. The zero-order valence-electron chi connectivity index (χ0n) is 11.7. The molecule has 7 heteroatoms. The fraction of sp³-hybridized carbons (Fsp3) is 0.267. The first-order chi connectivity index (χ1) is 10.6. The maximum atomic E-state index is 12.8. The highest BCUT2D eigenvalue weighted by Gasteiger charge is 2.25.